The smallest absolute Gasteiger partial charge is 0.287 e. The summed E-state index contributed by atoms with van der Waals surface area (Å²) in [5, 5.41) is 5.85. The molecule has 8 heteroatoms. The van der Waals surface area contributed by atoms with Crippen molar-refractivity contribution >= 4 is 17.5 Å². The third kappa shape index (κ3) is 3.19. The molecule has 3 heterocycles. The van der Waals surface area contributed by atoms with E-state index in [2.05, 4.69) is 15.6 Å². The molecular formula is C20H22N4O4. The molecule has 2 N–H and O–H groups in total. The van der Waals surface area contributed by atoms with E-state index < -0.39 is 0 Å². The number of rotatable bonds is 4. The number of nitrogens with zero attached hydrogens (tertiary/aromatic N) is 2. The highest BCUT2D eigenvalue weighted by Crippen LogP contribution is 2.33. The van der Waals surface area contributed by atoms with Gasteiger partial charge >= 0.3 is 0 Å². The number of anilines is 1. The van der Waals surface area contributed by atoms with Gasteiger partial charge in [0.2, 0.25) is 0 Å². The van der Waals surface area contributed by atoms with Gasteiger partial charge in [0, 0.05) is 24.3 Å². The van der Waals surface area contributed by atoms with E-state index >= 15 is 0 Å². The normalized spacial score (nSPS) is 17.6. The molecule has 0 bridgehead atoms. The summed E-state index contributed by atoms with van der Waals surface area (Å²) in [5.74, 6) is 1.12. The zero-order valence-corrected chi connectivity index (χ0v) is 15.5. The van der Waals surface area contributed by atoms with Crippen molar-refractivity contribution < 1.29 is 19.1 Å². The maximum atomic E-state index is 12.9. The molecule has 0 saturated heterocycles. The second-order valence-corrected chi connectivity index (χ2v) is 7.40. The van der Waals surface area contributed by atoms with Crippen LogP contribution < -0.4 is 20.1 Å². The Morgan fingerprint density at radius 2 is 1.89 bits per heavy atom. The fourth-order valence-electron chi connectivity index (χ4n) is 3.69. The van der Waals surface area contributed by atoms with E-state index in [4.69, 9.17) is 9.47 Å². The van der Waals surface area contributed by atoms with Gasteiger partial charge in [0.05, 0.1) is 5.69 Å². The largest absolute Gasteiger partial charge is 0.486 e. The standard InChI is InChI=1S/C20H22N4O4/c25-19(22-13-6-7-15-16(11-13)28-10-9-27-15)17-14-3-1-2-8-24(14)18(23-17)20(26)21-12-4-5-12/h6-7,11-12H,1-5,8-10H2,(H,21,26)(H,22,25). The van der Waals surface area contributed by atoms with Gasteiger partial charge in [-0.1, -0.05) is 0 Å². The molecule has 28 heavy (non-hydrogen) atoms. The van der Waals surface area contributed by atoms with Crippen LogP contribution in [0.4, 0.5) is 5.69 Å². The van der Waals surface area contributed by atoms with Crippen LogP contribution in [-0.4, -0.2) is 40.6 Å². The van der Waals surface area contributed by atoms with E-state index in [9.17, 15) is 9.59 Å². The average molecular weight is 382 g/mol. The van der Waals surface area contributed by atoms with E-state index in [0.29, 0.717) is 48.5 Å². The number of carbonyl (C=O) groups excluding carboxylic acids is 2. The number of ether oxygens (including phenoxy) is 2. The summed E-state index contributed by atoms with van der Waals surface area (Å²) in [7, 11) is 0. The third-order valence-electron chi connectivity index (χ3n) is 5.25. The van der Waals surface area contributed by atoms with E-state index in [1.807, 2.05) is 4.57 Å². The lowest BCUT2D eigenvalue weighted by Gasteiger charge is -2.19. The zero-order valence-electron chi connectivity index (χ0n) is 15.5. The highest BCUT2D eigenvalue weighted by molar-refractivity contribution is 6.05. The molecule has 2 aromatic rings. The minimum Gasteiger partial charge on any atom is -0.486 e. The fourth-order valence-corrected chi connectivity index (χ4v) is 3.69. The van der Waals surface area contributed by atoms with Crippen molar-refractivity contribution in [1.29, 1.82) is 0 Å². The van der Waals surface area contributed by atoms with Crippen LogP contribution in [0.3, 0.4) is 0 Å². The van der Waals surface area contributed by atoms with Gasteiger partial charge in [-0.2, -0.15) is 0 Å². The Hall–Kier alpha value is -3.03. The summed E-state index contributed by atoms with van der Waals surface area (Å²) in [5.41, 5.74) is 1.77. The van der Waals surface area contributed by atoms with Crippen molar-refractivity contribution in [2.45, 2.75) is 44.7 Å². The van der Waals surface area contributed by atoms with Crippen LogP contribution in [0.15, 0.2) is 18.2 Å². The van der Waals surface area contributed by atoms with Crippen molar-refractivity contribution in [3.05, 3.63) is 35.4 Å². The molecule has 0 atom stereocenters. The third-order valence-corrected chi connectivity index (χ3v) is 5.25. The molecular weight excluding hydrogens is 360 g/mol. The van der Waals surface area contributed by atoms with Crippen molar-refractivity contribution in [2.24, 2.45) is 0 Å². The molecule has 0 radical (unpaired) electrons. The van der Waals surface area contributed by atoms with Crippen LogP contribution in [0.5, 0.6) is 11.5 Å². The predicted molar refractivity (Wildman–Crippen MR) is 101 cm³/mol. The van der Waals surface area contributed by atoms with Crippen LogP contribution >= 0.6 is 0 Å². The van der Waals surface area contributed by atoms with Crippen LogP contribution in [0.25, 0.3) is 0 Å². The Kier molecular flexibility index (Phi) is 4.18. The first-order chi connectivity index (χ1) is 13.7. The molecule has 3 aliphatic rings. The summed E-state index contributed by atoms with van der Waals surface area (Å²) in [6.45, 7) is 1.72. The minimum absolute atomic E-state index is 0.191. The Balaban J connectivity index is 1.41. The Morgan fingerprint density at radius 1 is 1.07 bits per heavy atom. The summed E-state index contributed by atoms with van der Waals surface area (Å²) in [6, 6.07) is 5.55. The molecule has 5 rings (SSSR count). The maximum Gasteiger partial charge on any atom is 0.287 e. The minimum atomic E-state index is -0.312. The highest BCUT2D eigenvalue weighted by Gasteiger charge is 2.30. The lowest BCUT2D eigenvalue weighted by atomic mass is 10.1. The van der Waals surface area contributed by atoms with Crippen LogP contribution in [0.2, 0.25) is 0 Å². The topological polar surface area (TPSA) is 94.5 Å². The first kappa shape index (κ1) is 17.1. The molecule has 1 aromatic heterocycles. The van der Waals surface area contributed by atoms with Gasteiger partial charge in [-0.05, 0) is 44.2 Å². The number of amides is 2. The summed E-state index contributed by atoms with van der Waals surface area (Å²) >= 11 is 0. The predicted octanol–water partition coefficient (Wildman–Crippen LogP) is 2.14. The second-order valence-electron chi connectivity index (χ2n) is 7.40. The van der Waals surface area contributed by atoms with Crippen molar-refractivity contribution in [3.8, 4) is 11.5 Å². The van der Waals surface area contributed by atoms with Crippen LogP contribution in [-0.2, 0) is 13.0 Å². The average Bonchev–Trinajstić information content (AvgIpc) is 3.44. The molecule has 146 valence electrons. The lowest BCUT2D eigenvalue weighted by molar-refractivity contribution is 0.0935. The molecule has 1 aliphatic carbocycles. The zero-order chi connectivity index (χ0) is 19.1. The van der Waals surface area contributed by atoms with E-state index in [1.165, 1.54) is 0 Å². The Labute approximate surface area is 162 Å². The number of benzene rings is 1. The van der Waals surface area contributed by atoms with Gasteiger partial charge in [-0.25, -0.2) is 4.98 Å². The van der Waals surface area contributed by atoms with E-state index in [1.54, 1.807) is 18.2 Å². The number of nitrogens with one attached hydrogen (secondary N) is 2. The second kappa shape index (κ2) is 6.85. The molecule has 2 amide bonds. The molecule has 8 nitrogen and oxygen atoms in total. The number of aromatic nitrogens is 2. The van der Waals surface area contributed by atoms with Gasteiger partial charge in [0.15, 0.2) is 23.0 Å². The van der Waals surface area contributed by atoms with Gasteiger partial charge < -0.3 is 24.7 Å². The lowest BCUT2D eigenvalue weighted by Crippen LogP contribution is -2.29. The number of hydrogen-bond acceptors (Lipinski definition) is 5. The van der Waals surface area contributed by atoms with Crippen LogP contribution in [0.1, 0.15) is 52.5 Å². The Morgan fingerprint density at radius 3 is 2.71 bits per heavy atom. The summed E-state index contributed by atoms with van der Waals surface area (Å²) < 4.78 is 13.0. The first-order valence-corrected chi connectivity index (χ1v) is 9.80. The summed E-state index contributed by atoms with van der Waals surface area (Å²) in [6.07, 6.45) is 4.73. The van der Waals surface area contributed by atoms with Crippen molar-refractivity contribution in [3.63, 3.8) is 0 Å². The van der Waals surface area contributed by atoms with E-state index in [-0.39, 0.29) is 17.9 Å². The Bertz CT molecular complexity index is 948. The van der Waals surface area contributed by atoms with Crippen molar-refractivity contribution in [1.82, 2.24) is 14.9 Å². The maximum absolute atomic E-state index is 12.9. The number of carbonyl (C=O) groups is 2. The van der Waals surface area contributed by atoms with Gasteiger partial charge in [0.1, 0.15) is 13.2 Å². The van der Waals surface area contributed by atoms with Crippen molar-refractivity contribution in [2.75, 3.05) is 18.5 Å². The molecule has 2 aliphatic heterocycles. The SMILES string of the molecule is O=C(Nc1ccc2c(c1)OCCO2)c1nc(C(=O)NC2CC2)n2c1CCCC2. The van der Waals surface area contributed by atoms with Gasteiger partial charge in [-0.15, -0.1) is 0 Å². The van der Waals surface area contributed by atoms with Crippen LogP contribution in [0, 0.1) is 0 Å². The highest BCUT2D eigenvalue weighted by atomic mass is 16.6. The molecule has 1 fully saturated rings. The molecule has 0 unspecified atom stereocenters. The number of hydrogen-bond donors (Lipinski definition) is 2. The van der Waals surface area contributed by atoms with Gasteiger partial charge in [-0.3, -0.25) is 9.59 Å². The fraction of sp³-hybridized carbons (Fsp3) is 0.450. The first-order valence-electron chi connectivity index (χ1n) is 9.80. The molecule has 1 saturated carbocycles. The van der Waals surface area contributed by atoms with E-state index in [0.717, 1.165) is 37.8 Å². The monoisotopic (exact) mass is 382 g/mol. The summed E-state index contributed by atoms with van der Waals surface area (Å²) in [4.78, 5) is 29.9. The molecule has 0 spiro atoms. The van der Waals surface area contributed by atoms with Gasteiger partial charge in [0.25, 0.3) is 11.8 Å². The number of fused-ring (bicyclic) bond motifs is 2. The quantitative estimate of drug-likeness (QED) is 0.845. The molecule has 1 aromatic carbocycles. The number of imidazole rings is 1.